The summed E-state index contributed by atoms with van der Waals surface area (Å²) in [6.45, 7) is 1.96. The summed E-state index contributed by atoms with van der Waals surface area (Å²) in [6.07, 6.45) is 0. The fourth-order valence-corrected chi connectivity index (χ4v) is 5.11. The van der Waals surface area contributed by atoms with Crippen molar-refractivity contribution in [3.63, 3.8) is 0 Å². The molecule has 8 heteroatoms. The Morgan fingerprint density at radius 2 is 1.76 bits per heavy atom. The topological polar surface area (TPSA) is 79.7 Å². The van der Waals surface area contributed by atoms with Crippen LogP contribution in [-0.4, -0.2) is 28.9 Å². The summed E-state index contributed by atoms with van der Waals surface area (Å²) in [5.74, 6) is -1.87. The van der Waals surface area contributed by atoms with Gasteiger partial charge in [0.25, 0.3) is 5.78 Å². The predicted molar refractivity (Wildman–Crippen MR) is 129 cm³/mol. The summed E-state index contributed by atoms with van der Waals surface area (Å²) in [6, 6.07) is 16.8. The minimum atomic E-state index is -0.919. The van der Waals surface area contributed by atoms with E-state index in [4.69, 9.17) is 4.74 Å². The quantitative estimate of drug-likeness (QED) is 0.244. The summed E-state index contributed by atoms with van der Waals surface area (Å²) in [7, 11) is 1.54. The minimum Gasteiger partial charge on any atom is -0.507 e. The zero-order valence-corrected chi connectivity index (χ0v) is 19.1. The van der Waals surface area contributed by atoms with Crippen LogP contribution in [-0.2, 0) is 9.59 Å². The molecule has 0 bridgehead atoms. The first-order valence-electron chi connectivity index (χ1n) is 10.5. The summed E-state index contributed by atoms with van der Waals surface area (Å²) in [5, 5.41) is 11.4. The number of ether oxygens (including phenoxy) is 1. The molecule has 1 aliphatic heterocycles. The highest BCUT2D eigenvalue weighted by atomic mass is 32.1. The van der Waals surface area contributed by atoms with Crippen molar-refractivity contribution in [3.8, 4) is 5.75 Å². The molecule has 1 aliphatic rings. The van der Waals surface area contributed by atoms with Crippen molar-refractivity contribution in [1.29, 1.82) is 0 Å². The molecule has 0 unspecified atom stereocenters. The molecule has 4 aromatic rings. The minimum absolute atomic E-state index is 0.0859. The normalized spacial score (nSPS) is 17.5. The Morgan fingerprint density at radius 1 is 1.06 bits per heavy atom. The van der Waals surface area contributed by atoms with Gasteiger partial charge < -0.3 is 9.84 Å². The first-order valence-corrected chi connectivity index (χ1v) is 11.3. The number of aliphatic hydroxyl groups excluding tert-OH is 1. The maximum atomic E-state index is 13.4. The number of benzene rings is 3. The van der Waals surface area contributed by atoms with Crippen LogP contribution >= 0.6 is 11.3 Å². The van der Waals surface area contributed by atoms with Crippen LogP contribution in [0.1, 0.15) is 22.7 Å². The molecule has 1 fully saturated rings. The highest BCUT2D eigenvalue weighted by Gasteiger charge is 2.48. The molecule has 3 aromatic carbocycles. The van der Waals surface area contributed by atoms with Gasteiger partial charge in [0.1, 0.15) is 17.3 Å². The number of ketones is 1. The zero-order valence-electron chi connectivity index (χ0n) is 18.3. The van der Waals surface area contributed by atoms with Gasteiger partial charge in [0, 0.05) is 5.56 Å². The Balaban J connectivity index is 1.72. The van der Waals surface area contributed by atoms with Gasteiger partial charge in [-0.05, 0) is 66.6 Å². The van der Waals surface area contributed by atoms with Crippen molar-refractivity contribution in [2.24, 2.45) is 0 Å². The molecule has 34 heavy (non-hydrogen) atoms. The van der Waals surface area contributed by atoms with E-state index in [2.05, 4.69) is 4.98 Å². The van der Waals surface area contributed by atoms with Crippen LogP contribution in [0.5, 0.6) is 5.75 Å². The lowest BCUT2D eigenvalue weighted by Crippen LogP contribution is -2.29. The Morgan fingerprint density at radius 3 is 2.44 bits per heavy atom. The first kappa shape index (κ1) is 21.8. The first-order chi connectivity index (χ1) is 16.4. The highest BCUT2D eigenvalue weighted by Crippen LogP contribution is 2.44. The standard InChI is InChI=1S/C26H19FN2O4S/c1-14-3-12-19-20(13-14)34-26(28-19)29-22(15-6-10-18(33-2)11-7-15)21(24(31)25(29)32)23(30)16-4-8-17(27)9-5-16/h3-13,22,30H,1-2H3/t22-/m0/s1. The second-order valence-electron chi connectivity index (χ2n) is 7.92. The lowest BCUT2D eigenvalue weighted by Gasteiger charge is -2.23. The predicted octanol–water partition coefficient (Wildman–Crippen LogP) is 5.38. The number of carbonyl (C=O) groups excluding carboxylic acids is 2. The van der Waals surface area contributed by atoms with Gasteiger partial charge in [-0.1, -0.05) is 29.5 Å². The number of aliphatic hydroxyl groups is 1. The van der Waals surface area contributed by atoms with Crippen LogP contribution in [0.25, 0.3) is 16.0 Å². The number of aromatic nitrogens is 1. The van der Waals surface area contributed by atoms with Gasteiger partial charge in [-0.3, -0.25) is 14.5 Å². The molecule has 5 rings (SSSR count). The number of hydrogen-bond donors (Lipinski definition) is 1. The van der Waals surface area contributed by atoms with Crippen molar-refractivity contribution in [2.75, 3.05) is 12.0 Å². The summed E-state index contributed by atoms with van der Waals surface area (Å²) < 4.78 is 19.6. The van der Waals surface area contributed by atoms with Gasteiger partial charge in [-0.25, -0.2) is 9.37 Å². The molecular weight excluding hydrogens is 455 g/mol. The van der Waals surface area contributed by atoms with Crippen LogP contribution < -0.4 is 9.64 Å². The summed E-state index contributed by atoms with van der Waals surface area (Å²) in [4.78, 5) is 32.4. The van der Waals surface area contributed by atoms with Crippen molar-refractivity contribution in [2.45, 2.75) is 13.0 Å². The van der Waals surface area contributed by atoms with Crippen molar-refractivity contribution in [1.82, 2.24) is 4.98 Å². The fraction of sp³-hybridized carbons (Fsp3) is 0.115. The van der Waals surface area contributed by atoms with Crippen LogP contribution in [0.3, 0.4) is 0 Å². The molecule has 1 amide bonds. The molecule has 0 radical (unpaired) electrons. The van der Waals surface area contributed by atoms with Gasteiger partial charge in [0.05, 0.1) is 28.9 Å². The number of methoxy groups -OCH3 is 1. The van der Waals surface area contributed by atoms with Crippen molar-refractivity contribution < 1.29 is 23.8 Å². The van der Waals surface area contributed by atoms with Crippen LogP contribution in [0, 0.1) is 12.7 Å². The second-order valence-corrected chi connectivity index (χ2v) is 8.93. The van der Waals surface area contributed by atoms with Crippen LogP contribution in [0.2, 0.25) is 0 Å². The number of aryl methyl sites for hydroxylation is 1. The number of rotatable bonds is 4. The van der Waals surface area contributed by atoms with E-state index in [1.165, 1.54) is 40.5 Å². The maximum absolute atomic E-state index is 13.4. The molecule has 170 valence electrons. The third-order valence-electron chi connectivity index (χ3n) is 5.73. The molecular formula is C26H19FN2O4S. The molecule has 1 aromatic heterocycles. The number of anilines is 1. The van der Waals surface area contributed by atoms with E-state index in [9.17, 15) is 19.1 Å². The van der Waals surface area contributed by atoms with E-state index >= 15 is 0 Å². The smallest absolute Gasteiger partial charge is 0.301 e. The number of nitrogens with zero attached hydrogens (tertiary/aromatic N) is 2. The Bertz CT molecular complexity index is 1460. The van der Waals surface area contributed by atoms with E-state index in [0.29, 0.717) is 22.0 Å². The average Bonchev–Trinajstić information content (AvgIpc) is 3.37. The number of halogens is 1. The Kier molecular flexibility index (Phi) is 5.37. The highest BCUT2D eigenvalue weighted by molar-refractivity contribution is 7.22. The van der Waals surface area contributed by atoms with E-state index in [1.54, 1.807) is 31.4 Å². The van der Waals surface area contributed by atoms with Crippen molar-refractivity contribution in [3.05, 3.63) is 94.8 Å². The van der Waals surface area contributed by atoms with E-state index in [0.717, 1.165) is 10.3 Å². The lowest BCUT2D eigenvalue weighted by molar-refractivity contribution is -0.132. The van der Waals surface area contributed by atoms with Gasteiger partial charge in [0.15, 0.2) is 5.13 Å². The largest absolute Gasteiger partial charge is 0.507 e. The fourth-order valence-electron chi connectivity index (χ4n) is 4.02. The number of carbonyl (C=O) groups is 2. The molecule has 6 nitrogen and oxygen atoms in total. The van der Waals surface area contributed by atoms with Crippen molar-refractivity contribution >= 4 is 44.1 Å². The number of fused-ring (bicyclic) bond motifs is 1. The Labute approximate surface area is 198 Å². The van der Waals surface area contributed by atoms with E-state index < -0.39 is 23.5 Å². The third-order valence-corrected chi connectivity index (χ3v) is 6.75. The molecule has 1 N–H and O–H groups in total. The molecule has 2 heterocycles. The zero-order chi connectivity index (χ0) is 24.0. The number of Topliss-reactive ketones (excluding diaryl/α,β-unsaturated/α-hetero) is 1. The SMILES string of the molecule is COc1ccc([C@H]2C(=C(O)c3ccc(F)cc3)C(=O)C(=O)N2c2nc3ccc(C)cc3s2)cc1. The lowest BCUT2D eigenvalue weighted by atomic mass is 9.95. The van der Waals surface area contributed by atoms with Crippen LogP contribution in [0.4, 0.5) is 9.52 Å². The molecule has 0 aliphatic carbocycles. The van der Waals surface area contributed by atoms with E-state index in [-0.39, 0.29) is 16.9 Å². The van der Waals surface area contributed by atoms with Gasteiger partial charge in [0.2, 0.25) is 0 Å². The summed E-state index contributed by atoms with van der Waals surface area (Å²) >= 11 is 1.30. The molecule has 1 saturated heterocycles. The molecule has 0 spiro atoms. The van der Waals surface area contributed by atoms with Gasteiger partial charge in [-0.2, -0.15) is 0 Å². The van der Waals surface area contributed by atoms with Gasteiger partial charge in [-0.15, -0.1) is 0 Å². The number of hydrogen-bond acceptors (Lipinski definition) is 6. The Hall–Kier alpha value is -4.04. The third kappa shape index (κ3) is 3.62. The molecule has 0 saturated carbocycles. The summed E-state index contributed by atoms with van der Waals surface area (Å²) in [5.41, 5.74) is 2.50. The number of amides is 1. The number of thiazole rings is 1. The molecule has 1 atom stereocenters. The maximum Gasteiger partial charge on any atom is 0.301 e. The average molecular weight is 475 g/mol. The van der Waals surface area contributed by atoms with E-state index in [1.807, 2.05) is 25.1 Å². The van der Waals surface area contributed by atoms with Gasteiger partial charge >= 0.3 is 5.91 Å². The second kappa shape index (κ2) is 8.39. The van der Waals surface area contributed by atoms with Crippen LogP contribution in [0.15, 0.2) is 72.3 Å². The monoisotopic (exact) mass is 474 g/mol.